The third-order valence-corrected chi connectivity index (χ3v) is 3.29. The molecule has 1 aromatic heterocycles. The molecule has 17 heavy (non-hydrogen) atoms. The molecule has 3 nitrogen and oxygen atoms in total. The van der Waals surface area contributed by atoms with E-state index in [4.69, 9.17) is 11.1 Å². The Balaban J connectivity index is 1.98. The van der Waals surface area contributed by atoms with Crippen LogP contribution in [-0.2, 0) is 5.75 Å². The molecule has 0 fully saturated rings. The Hall–Kier alpha value is -1.81. The number of thioether (sulfide) groups is 1. The highest BCUT2D eigenvalue weighted by Gasteiger charge is 1.99. The first-order chi connectivity index (χ1) is 8.25. The van der Waals surface area contributed by atoms with Crippen molar-refractivity contribution < 1.29 is 0 Å². The number of nitrogens with two attached hydrogens (primary N) is 1. The molecular weight excluding hydrogens is 230 g/mol. The maximum Gasteiger partial charge on any atom is 0.124 e. The van der Waals surface area contributed by atoms with Gasteiger partial charge < -0.3 is 5.73 Å². The summed E-state index contributed by atoms with van der Waals surface area (Å²) in [5.41, 5.74) is 7.30. The maximum absolute atomic E-state index is 7.27. The van der Waals surface area contributed by atoms with Crippen molar-refractivity contribution >= 4 is 17.6 Å². The predicted molar refractivity (Wildman–Crippen MR) is 71.3 cm³/mol. The van der Waals surface area contributed by atoms with Crippen LogP contribution in [0.2, 0.25) is 0 Å². The highest BCUT2D eigenvalue weighted by molar-refractivity contribution is 7.98. The van der Waals surface area contributed by atoms with Crippen LogP contribution in [-0.4, -0.2) is 10.8 Å². The molecule has 0 bridgehead atoms. The summed E-state index contributed by atoms with van der Waals surface area (Å²) >= 11 is 1.67. The Bertz CT molecular complexity index is 494. The summed E-state index contributed by atoms with van der Waals surface area (Å²) in [6, 6.07) is 14.0. The van der Waals surface area contributed by atoms with Crippen LogP contribution in [0.5, 0.6) is 0 Å². The first-order valence-corrected chi connectivity index (χ1v) is 6.21. The van der Waals surface area contributed by atoms with Gasteiger partial charge in [0.25, 0.3) is 0 Å². The molecule has 4 heteroatoms. The first kappa shape index (κ1) is 11.7. The summed E-state index contributed by atoms with van der Waals surface area (Å²) in [5.74, 6) is 0.949. The molecule has 1 heterocycles. The van der Waals surface area contributed by atoms with Crippen molar-refractivity contribution in [3.63, 3.8) is 0 Å². The Kier molecular flexibility index (Phi) is 3.77. The fourth-order valence-corrected chi connectivity index (χ4v) is 2.16. The molecule has 0 unspecified atom stereocenters. The number of hydrogen-bond acceptors (Lipinski definition) is 3. The van der Waals surface area contributed by atoms with Gasteiger partial charge in [0.1, 0.15) is 5.84 Å². The summed E-state index contributed by atoms with van der Waals surface area (Å²) in [6.07, 6.45) is 1.63. The van der Waals surface area contributed by atoms with Gasteiger partial charge in [0, 0.05) is 17.5 Å². The van der Waals surface area contributed by atoms with E-state index in [1.165, 1.54) is 5.56 Å². The summed E-state index contributed by atoms with van der Waals surface area (Å²) in [7, 11) is 0. The third kappa shape index (κ3) is 3.32. The third-order valence-electron chi connectivity index (χ3n) is 2.28. The van der Waals surface area contributed by atoms with Crippen molar-refractivity contribution in [2.24, 2.45) is 5.73 Å². The second-order valence-electron chi connectivity index (χ2n) is 3.57. The number of rotatable bonds is 4. The van der Waals surface area contributed by atoms with E-state index in [1.54, 1.807) is 18.0 Å². The van der Waals surface area contributed by atoms with Crippen molar-refractivity contribution in [3.05, 3.63) is 59.8 Å². The Morgan fingerprint density at radius 3 is 2.53 bits per heavy atom. The van der Waals surface area contributed by atoms with E-state index in [9.17, 15) is 0 Å². The Morgan fingerprint density at radius 1 is 1.18 bits per heavy atom. The highest BCUT2D eigenvalue weighted by Crippen LogP contribution is 2.20. The number of amidine groups is 1. The minimum absolute atomic E-state index is 0.0529. The van der Waals surface area contributed by atoms with Crippen LogP contribution in [0.15, 0.2) is 53.7 Å². The van der Waals surface area contributed by atoms with Crippen LogP contribution in [0.3, 0.4) is 0 Å². The molecule has 0 radical (unpaired) electrons. The van der Waals surface area contributed by atoms with E-state index < -0.39 is 0 Å². The van der Waals surface area contributed by atoms with Crippen molar-refractivity contribution in [1.29, 1.82) is 5.41 Å². The standard InChI is InChI=1S/C13H13N3S/c14-13(15)11-6-7-12(16-8-11)17-9-10-4-2-1-3-5-10/h1-8H,9H2,(H3,14,15). The highest BCUT2D eigenvalue weighted by atomic mass is 32.2. The summed E-state index contributed by atoms with van der Waals surface area (Å²) < 4.78 is 0. The maximum atomic E-state index is 7.27. The average Bonchev–Trinajstić information content (AvgIpc) is 2.38. The van der Waals surface area contributed by atoms with E-state index in [-0.39, 0.29) is 5.84 Å². The van der Waals surface area contributed by atoms with Crippen LogP contribution in [0.1, 0.15) is 11.1 Å². The number of nitrogens with zero attached hydrogens (tertiary/aromatic N) is 1. The van der Waals surface area contributed by atoms with Crippen LogP contribution < -0.4 is 5.73 Å². The van der Waals surface area contributed by atoms with Gasteiger partial charge in [0.05, 0.1) is 5.03 Å². The monoisotopic (exact) mass is 243 g/mol. The molecule has 0 aliphatic heterocycles. The summed E-state index contributed by atoms with van der Waals surface area (Å²) in [4.78, 5) is 4.26. The molecule has 0 amide bonds. The molecule has 0 saturated carbocycles. The van der Waals surface area contributed by atoms with Gasteiger partial charge in [-0.3, -0.25) is 5.41 Å². The molecule has 0 saturated heterocycles. The Morgan fingerprint density at radius 2 is 1.94 bits per heavy atom. The lowest BCUT2D eigenvalue weighted by Gasteiger charge is -2.02. The van der Waals surface area contributed by atoms with E-state index in [0.717, 1.165) is 10.8 Å². The first-order valence-electron chi connectivity index (χ1n) is 5.23. The summed E-state index contributed by atoms with van der Waals surface area (Å²) in [5, 5.41) is 8.22. The molecule has 0 aliphatic carbocycles. The van der Waals surface area contributed by atoms with Gasteiger partial charge in [0.2, 0.25) is 0 Å². The molecule has 86 valence electrons. The number of pyridine rings is 1. The van der Waals surface area contributed by atoms with Gasteiger partial charge in [0.15, 0.2) is 0 Å². The lowest BCUT2D eigenvalue weighted by molar-refractivity contribution is 1.12. The van der Waals surface area contributed by atoms with Crippen molar-refractivity contribution in [2.75, 3.05) is 0 Å². The topological polar surface area (TPSA) is 62.8 Å². The molecule has 2 rings (SSSR count). The average molecular weight is 243 g/mol. The molecular formula is C13H13N3S. The molecule has 0 atom stereocenters. The minimum Gasteiger partial charge on any atom is -0.384 e. The molecule has 0 spiro atoms. The molecule has 0 aliphatic rings. The fraction of sp³-hybridized carbons (Fsp3) is 0.0769. The number of nitrogens with one attached hydrogen (secondary N) is 1. The fourth-order valence-electron chi connectivity index (χ4n) is 1.36. The van der Waals surface area contributed by atoms with Crippen LogP contribution in [0.25, 0.3) is 0 Å². The lowest BCUT2D eigenvalue weighted by Crippen LogP contribution is -2.11. The summed E-state index contributed by atoms with van der Waals surface area (Å²) in [6.45, 7) is 0. The second-order valence-corrected chi connectivity index (χ2v) is 4.57. The number of nitrogen functional groups attached to an aromatic ring is 1. The van der Waals surface area contributed by atoms with Crippen molar-refractivity contribution in [3.8, 4) is 0 Å². The normalized spacial score (nSPS) is 10.1. The quantitative estimate of drug-likeness (QED) is 0.493. The van der Waals surface area contributed by atoms with Gasteiger partial charge in [-0.1, -0.05) is 30.3 Å². The second kappa shape index (κ2) is 5.50. The zero-order chi connectivity index (χ0) is 12.1. The van der Waals surface area contributed by atoms with Gasteiger partial charge in [-0.15, -0.1) is 11.8 Å². The molecule has 3 N–H and O–H groups in total. The van der Waals surface area contributed by atoms with Crippen molar-refractivity contribution in [2.45, 2.75) is 10.8 Å². The molecule has 2 aromatic rings. The molecule has 1 aromatic carbocycles. The van der Waals surface area contributed by atoms with Crippen LogP contribution in [0, 0.1) is 5.41 Å². The lowest BCUT2D eigenvalue weighted by atomic mass is 10.2. The van der Waals surface area contributed by atoms with E-state index in [2.05, 4.69) is 17.1 Å². The van der Waals surface area contributed by atoms with Crippen LogP contribution >= 0.6 is 11.8 Å². The number of aromatic nitrogens is 1. The Labute approximate surface area is 105 Å². The van der Waals surface area contributed by atoms with Gasteiger partial charge >= 0.3 is 0 Å². The van der Waals surface area contributed by atoms with E-state index in [0.29, 0.717) is 5.56 Å². The minimum atomic E-state index is 0.0529. The number of benzene rings is 1. The van der Waals surface area contributed by atoms with Gasteiger partial charge in [-0.05, 0) is 17.7 Å². The predicted octanol–water partition coefficient (Wildman–Crippen LogP) is 2.66. The van der Waals surface area contributed by atoms with Crippen molar-refractivity contribution in [1.82, 2.24) is 4.98 Å². The largest absolute Gasteiger partial charge is 0.384 e. The zero-order valence-corrected chi connectivity index (χ0v) is 10.1. The number of hydrogen-bond donors (Lipinski definition) is 2. The van der Waals surface area contributed by atoms with E-state index >= 15 is 0 Å². The van der Waals surface area contributed by atoms with Gasteiger partial charge in [-0.25, -0.2) is 4.98 Å². The van der Waals surface area contributed by atoms with Gasteiger partial charge in [-0.2, -0.15) is 0 Å². The smallest absolute Gasteiger partial charge is 0.124 e. The zero-order valence-electron chi connectivity index (χ0n) is 9.26. The SMILES string of the molecule is N=C(N)c1ccc(SCc2ccccc2)nc1. The van der Waals surface area contributed by atoms with E-state index in [1.807, 2.05) is 30.3 Å². The van der Waals surface area contributed by atoms with Crippen LogP contribution in [0.4, 0.5) is 0 Å².